The van der Waals surface area contributed by atoms with E-state index in [0.29, 0.717) is 11.3 Å². The molecular weight excluding hydrogens is 366 g/mol. The van der Waals surface area contributed by atoms with Gasteiger partial charge in [-0.15, -0.1) is 0 Å². The highest BCUT2D eigenvalue weighted by molar-refractivity contribution is 7.89. The van der Waals surface area contributed by atoms with Crippen LogP contribution in [-0.2, 0) is 32.6 Å². The number of unbranched alkanes of at least 4 members (excludes halogenated alkanes) is 1. The van der Waals surface area contributed by atoms with E-state index in [-0.39, 0.29) is 11.4 Å². The first-order chi connectivity index (χ1) is 12.8. The van der Waals surface area contributed by atoms with Crippen LogP contribution < -0.4 is 15.8 Å². The zero-order valence-corrected chi connectivity index (χ0v) is 15.9. The largest absolute Gasteiger partial charge is 0.344 e. The van der Waals surface area contributed by atoms with Crippen molar-refractivity contribution >= 4 is 27.5 Å². The highest BCUT2D eigenvalue weighted by Gasteiger charge is 2.14. The Kier molecular flexibility index (Phi) is 7.09. The fourth-order valence-electron chi connectivity index (χ4n) is 2.38. The lowest BCUT2D eigenvalue weighted by Crippen LogP contribution is -2.34. The molecule has 27 heavy (non-hydrogen) atoms. The molecule has 2 rings (SSSR count). The number of nitrogens with one attached hydrogen (secondary N) is 2. The van der Waals surface area contributed by atoms with Crippen LogP contribution in [0.1, 0.15) is 30.9 Å². The number of hydrogen-bond donors (Lipinski definition) is 3. The number of sulfonamides is 1. The van der Waals surface area contributed by atoms with Crippen LogP contribution in [0.25, 0.3) is 0 Å². The number of carbonyl (C=O) groups excluding carboxylic acids is 2. The molecule has 0 atom stereocenters. The number of anilines is 1. The molecule has 2 aromatic carbocycles. The minimum Gasteiger partial charge on any atom is -0.344 e. The lowest BCUT2D eigenvalue weighted by atomic mass is 10.1. The highest BCUT2D eigenvalue weighted by Crippen LogP contribution is 2.12. The van der Waals surface area contributed by atoms with E-state index in [2.05, 4.69) is 17.6 Å². The van der Waals surface area contributed by atoms with Crippen molar-refractivity contribution in [1.29, 1.82) is 0 Å². The molecule has 4 N–H and O–H groups in total. The van der Waals surface area contributed by atoms with Gasteiger partial charge in [-0.25, -0.2) is 13.6 Å². The summed E-state index contributed by atoms with van der Waals surface area (Å²) in [5, 5.41) is 10.1. The fourth-order valence-corrected chi connectivity index (χ4v) is 2.90. The van der Waals surface area contributed by atoms with Crippen molar-refractivity contribution in [2.24, 2.45) is 5.14 Å². The lowest BCUT2D eigenvalue weighted by molar-refractivity contribution is -0.136. The van der Waals surface area contributed by atoms with Crippen LogP contribution in [0.2, 0.25) is 0 Å². The summed E-state index contributed by atoms with van der Waals surface area (Å²) in [4.78, 5) is 23.9. The molecule has 2 aromatic rings. The molecule has 2 amide bonds. The van der Waals surface area contributed by atoms with Crippen molar-refractivity contribution in [3.63, 3.8) is 0 Å². The second kappa shape index (κ2) is 9.29. The van der Waals surface area contributed by atoms with Gasteiger partial charge in [-0.2, -0.15) is 0 Å². The predicted octanol–water partition coefficient (Wildman–Crippen LogP) is 1.93. The minimum absolute atomic E-state index is 0.0160. The van der Waals surface area contributed by atoms with E-state index in [9.17, 15) is 18.0 Å². The summed E-state index contributed by atoms with van der Waals surface area (Å²) in [6.07, 6.45) is 3.20. The summed E-state index contributed by atoms with van der Waals surface area (Å²) in [7, 11) is -3.76. The van der Waals surface area contributed by atoms with Gasteiger partial charge in [-0.05, 0) is 48.2 Å². The van der Waals surface area contributed by atoms with Crippen molar-refractivity contribution in [2.75, 3.05) is 5.32 Å². The summed E-state index contributed by atoms with van der Waals surface area (Å²) < 4.78 is 22.4. The van der Waals surface area contributed by atoms with Gasteiger partial charge in [0.15, 0.2) is 0 Å². The van der Waals surface area contributed by atoms with Crippen molar-refractivity contribution < 1.29 is 18.0 Å². The molecular formula is C19H23N3O4S. The molecule has 144 valence electrons. The van der Waals surface area contributed by atoms with Crippen molar-refractivity contribution in [3.05, 3.63) is 59.7 Å². The quantitative estimate of drug-likeness (QED) is 0.627. The van der Waals surface area contributed by atoms with Gasteiger partial charge in [0.25, 0.3) is 0 Å². The lowest BCUT2D eigenvalue weighted by Gasteiger charge is -2.08. The van der Waals surface area contributed by atoms with Gasteiger partial charge in [-0.1, -0.05) is 37.6 Å². The number of rotatable bonds is 7. The molecule has 0 unspecified atom stereocenters. The first-order valence-electron chi connectivity index (χ1n) is 8.59. The van der Waals surface area contributed by atoms with Crippen LogP contribution >= 0.6 is 0 Å². The van der Waals surface area contributed by atoms with Crippen LogP contribution in [0, 0.1) is 0 Å². The van der Waals surface area contributed by atoms with Crippen LogP contribution in [0.15, 0.2) is 53.4 Å². The number of carbonyl (C=O) groups is 2. The Morgan fingerprint density at radius 2 is 1.52 bits per heavy atom. The number of hydrogen-bond acceptors (Lipinski definition) is 4. The van der Waals surface area contributed by atoms with E-state index < -0.39 is 21.8 Å². The molecule has 8 heteroatoms. The zero-order chi connectivity index (χ0) is 19.9. The van der Waals surface area contributed by atoms with Crippen molar-refractivity contribution in [3.8, 4) is 0 Å². The van der Waals surface area contributed by atoms with Crippen LogP contribution in [0.3, 0.4) is 0 Å². The third kappa shape index (κ3) is 6.50. The molecule has 0 radical (unpaired) electrons. The highest BCUT2D eigenvalue weighted by atomic mass is 32.2. The molecule has 0 bridgehead atoms. The molecule has 7 nitrogen and oxygen atoms in total. The number of nitrogens with two attached hydrogens (primary N) is 1. The Bertz CT molecular complexity index is 892. The Hall–Kier alpha value is -2.71. The SMILES string of the molecule is CCCCc1ccc(NC(=O)C(=O)NCc2ccc(S(N)(=O)=O)cc2)cc1. The first kappa shape index (κ1) is 20.6. The Labute approximate surface area is 159 Å². The average molecular weight is 389 g/mol. The van der Waals surface area contributed by atoms with Gasteiger partial charge >= 0.3 is 11.8 Å². The summed E-state index contributed by atoms with van der Waals surface area (Å²) in [5.41, 5.74) is 2.37. The van der Waals surface area contributed by atoms with Crippen LogP contribution in [0.5, 0.6) is 0 Å². The molecule has 0 aliphatic carbocycles. The smallest absolute Gasteiger partial charge is 0.313 e. The van der Waals surface area contributed by atoms with Crippen LogP contribution in [0.4, 0.5) is 5.69 Å². The molecule has 0 aliphatic rings. The summed E-state index contributed by atoms with van der Waals surface area (Å²) in [6.45, 7) is 2.22. The van der Waals surface area contributed by atoms with Gasteiger partial charge in [0.2, 0.25) is 10.0 Å². The van der Waals surface area contributed by atoms with Gasteiger partial charge in [0.05, 0.1) is 4.90 Å². The maximum Gasteiger partial charge on any atom is 0.313 e. The van der Waals surface area contributed by atoms with E-state index in [4.69, 9.17) is 5.14 Å². The molecule has 0 saturated carbocycles. The Morgan fingerprint density at radius 3 is 2.07 bits per heavy atom. The number of primary sulfonamides is 1. The zero-order valence-electron chi connectivity index (χ0n) is 15.1. The number of benzene rings is 2. The number of aryl methyl sites for hydroxylation is 1. The summed E-state index contributed by atoms with van der Waals surface area (Å²) >= 11 is 0. The standard InChI is InChI=1S/C19H23N3O4S/c1-2-3-4-14-5-9-16(10-6-14)22-19(24)18(23)21-13-15-7-11-17(12-8-15)27(20,25)26/h5-12H,2-4,13H2,1H3,(H,21,23)(H,22,24)(H2,20,25,26). The van der Waals surface area contributed by atoms with Gasteiger partial charge < -0.3 is 10.6 Å². The van der Waals surface area contributed by atoms with E-state index in [1.165, 1.54) is 29.8 Å². The van der Waals surface area contributed by atoms with E-state index in [0.717, 1.165) is 19.3 Å². The predicted molar refractivity (Wildman–Crippen MR) is 103 cm³/mol. The topological polar surface area (TPSA) is 118 Å². The molecule has 0 fully saturated rings. The summed E-state index contributed by atoms with van der Waals surface area (Å²) in [6, 6.07) is 13.1. The third-order valence-corrected chi connectivity index (χ3v) is 4.87. The van der Waals surface area contributed by atoms with Gasteiger partial charge in [0.1, 0.15) is 0 Å². The maximum atomic E-state index is 12.0. The minimum atomic E-state index is -3.76. The third-order valence-electron chi connectivity index (χ3n) is 3.94. The average Bonchev–Trinajstić information content (AvgIpc) is 2.65. The van der Waals surface area contributed by atoms with Gasteiger partial charge in [-0.3, -0.25) is 9.59 Å². The number of amides is 2. The fraction of sp³-hybridized carbons (Fsp3) is 0.263. The van der Waals surface area contributed by atoms with Gasteiger partial charge in [0, 0.05) is 12.2 Å². The van der Waals surface area contributed by atoms with Crippen molar-refractivity contribution in [1.82, 2.24) is 5.32 Å². The summed E-state index contributed by atoms with van der Waals surface area (Å²) in [5.74, 6) is -1.54. The second-order valence-electron chi connectivity index (χ2n) is 6.13. The van der Waals surface area contributed by atoms with E-state index in [1.807, 2.05) is 12.1 Å². The monoisotopic (exact) mass is 389 g/mol. The first-order valence-corrected chi connectivity index (χ1v) is 10.1. The molecule has 0 aliphatic heterocycles. The van der Waals surface area contributed by atoms with Crippen LogP contribution in [-0.4, -0.2) is 20.2 Å². The normalized spacial score (nSPS) is 11.0. The second-order valence-corrected chi connectivity index (χ2v) is 7.69. The van der Waals surface area contributed by atoms with E-state index >= 15 is 0 Å². The molecule has 0 aromatic heterocycles. The van der Waals surface area contributed by atoms with Crippen molar-refractivity contribution in [2.45, 2.75) is 37.6 Å². The Balaban J connectivity index is 1.85. The molecule has 0 spiro atoms. The Morgan fingerprint density at radius 1 is 0.926 bits per heavy atom. The maximum absolute atomic E-state index is 12.0. The molecule has 0 heterocycles. The molecule has 0 saturated heterocycles. The van der Waals surface area contributed by atoms with E-state index in [1.54, 1.807) is 12.1 Å².